The van der Waals surface area contributed by atoms with Crippen LogP contribution in [-0.2, 0) is 0 Å². The summed E-state index contributed by atoms with van der Waals surface area (Å²) >= 11 is 0. The van der Waals surface area contributed by atoms with Crippen LogP contribution in [-0.4, -0.2) is 45.0 Å². The first kappa shape index (κ1) is 16.2. The van der Waals surface area contributed by atoms with Gasteiger partial charge < -0.3 is 19.9 Å². The van der Waals surface area contributed by atoms with Crippen molar-refractivity contribution in [2.75, 3.05) is 13.1 Å². The van der Waals surface area contributed by atoms with Gasteiger partial charge in [0.1, 0.15) is 11.4 Å². The van der Waals surface area contributed by atoms with Crippen LogP contribution < -0.4 is 0 Å². The molecule has 1 unspecified atom stereocenters. The van der Waals surface area contributed by atoms with Crippen LogP contribution in [0.5, 0.6) is 5.75 Å². The third kappa shape index (κ3) is 3.15. The van der Waals surface area contributed by atoms with Gasteiger partial charge in [-0.1, -0.05) is 12.1 Å². The van der Waals surface area contributed by atoms with E-state index in [1.54, 1.807) is 12.1 Å². The molecular formula is C19H22BN3O2. The number of aromatic nitrogens is 2. The molecule has 128 valence electrons. The number of hydrogen-bond acceptors (Lipinski definition) is 4. The Labute approximate surface area is 147 Å². The number of nitrogens with one attached hydrogen (secondary N) is 1. The summed E-state index contributed by atoms with van der Waals surface area (Å²) in [5.41, 5.74) is 4.09. The van der Waals surface area contributed by atoms with Gasteiger partial charge in [0.25, 0.3) is 0 Å². The third-order valence-corrected chi connectivity index (χ3v) is 5.16. The van der Waals surface area contributed by atoms with E-state index in [0.717, 1.165) is 48.1 Å². The van der Waals surface area contributed by atoms with Gasteiger partial charge in [-0.05, 0) is 68.0 Å². The average molecular weight is 335 g/mol. The average Bonchev–Trinajstić information content (AvgIpc) is 3.05. The molecule has 0 radical (unpaired) electrons. The van der Waals surface area contributed by atoms with Crippen LogP contribution in [0.4, 0.5) is 0 Å². The molecule has 1 aromatic carbocycles. The Balaban J connectivity index is 1.72. The van der Waals surface area contributed by atoms with Crippen molar-refractivity contribution >= 4 is 18.1 Å². The molecule has 5 nitrogen and oxygen atoms in total. The van der Waals surface area contributed by atoms with Gasteiger partial charge in [-0.3, -0.25) is 0 Å². The first-order valence-corrected chi connectivity index (χ1v) is 8.80. The SMILES string of the molecule is CB(O)N1CCCC(c2c[nH]c3ncc(-c4cccc(O)c4)cc23)C1. The normalized spacial score (nSPS) is 18.6. The molecule has 1 aliphatic rings. The molecule has 25 heavy (non-hydrogen) atoms. The summed E-state index contributed by atoms with van der Waals surface area (Å²) < 4.78 is 0. The van der Waals surface area contributed by atoms with E-state index in [1.165, 1.54) is 5.56 Å². The maximum atomic E-state index is 9.91. The lowest BCUT2D eigenvalue weighted by Crippen LogP contribution is -2.43. The van der Waals surface area contributed by atoms with E-state index >= 15 is 0 Å². The van der Waals surface area contributed by atoms with Gasteiger partial charge in [-0.2, -0.15) is 0 Å². The van der Waals surface area contributed by atoms with Crippen molar-refractivity contribution in [2.45, 2.75) is 25.6 Å². The second-order valence-electron chi connectivity index (χ2n) is 6.88. The predicted molar refractivity (Wildman–Crippen MR) is 101 cm³/mol. The number of rotatable bonds is 3. The van der Waals surface area contributed by atoms with Gasteiger partial charge in [0.2, 0.25) is 0 Å². The number of H-pyrrole nitrogens is 1. The molecule has 3 N–H and O–H groups in total. The highest BCUT2D eigenvalue weighted by molar-refractivity contribution is 6.45. The van der Waals surface area contributed by atoms with Gasteiger partial charge in [0.15, 0.2) is 0 Å². The van der Waals surface area contributed by atoms with Crippen LogP contribution >= 0.6 is 0 Å². The Morgan fingerprint density at radius 2 is 2.16 bits per heavy atom. The smallest absolute Gasteiger partial charge is 0.376 e. The third-order valence-electron chi connectivity index (χ3n) is 5.16. The monoisotopic (exact) mass is 335 g/mol. The molecule has 0 aliphatic carbocycles. The summed E-state index contributed by atoms with van der Waals surface area (Å²) in [6.07, 6.45) is 6.09. The maximum absolute atomic E-state index is 9.91. The van der Waals surface area contributed by atoms with Gasteiger partial charge in [0, 0.05) is 23.3 Å². The quantitative estimate of drug-likeness (QED) is 0.643. The molecule has 6 heteroatoms. The van der Waals surface area contributed by atoms with Crippen LogP contribution in [0.3, 0.4) is 0 Å². The van der Waals surface area contributed by atoms with Gasteiger partial charge in [0.05, 0.1) is 0 Å². The second kappa shape index (κ2) is 6.54. The number of piperidine rings is 1. The Morgan fingerprint density at radius 1 is 1.28 bits per heavy atom. The first-order valence-electron chi connectivity index (χ1n) is 8.80. The van der Waals surface area contributed by atoms with Crippen molar-refractivity contribution < 1.29 is 10.1 Å². The summed E-state index contributed by atoms with van der Waals surface area (Å²) in [5.74, 6) is 0.644. The van der Waals surface area contributed by atoms with Crippen molar-refractivity contribution in [3.63, 3.8) is 0 Å². The van der Waals surface area contributed by atoms with Crippen molar-refractivity contribution in [3.05, 3.63) is 48.3 Å². The predicted octanol–water partition coefficient (Wildman–Crippen LogP) is 3.23. The molecule has 1 aliphatic heterocycles. The minimum atomic E-state index is -0.408. The fraction of sp³-hybridized carbons (Fsp3) is 0.316. The second-order valence-corrected chi connectivity index (χ2v) is 6.88. The lowest BCUT2D eigenvalue weighted by molar-refractivity contribution is 0.286. The molecule has 3 aromatic rings. The summed E-state index contributed by atoms with van der Waals surface area (Å²) in [6, 6.07) is 9.39. The highest BCUT2D eigenvalue weighted by Gasteiger charge is 2.27. The minimum absolute atomic E-state index is 0.256. The Hall–Kier alpha value is -2.31. The largest absolute Gasteiger partial charge is 0.508 e. The Kier molecular flexibility index (Phi) is 4.23. The summed E-state index contributed by atoms with van der Waals surface area (Å²) in [4.78, 5) is 9.96. The van der Waals surface area contributed by atoms with E-state index in [1.807, 2.05) is 25.2 Å². The van der Waals surface area contributed by atoms with E-state index < -0.39 is 7.05 Å². The molecule has 1 saturated heterocycles. The molecule has 2 aromatic heterocycles. The van der Waals surface area contributed by atoms with E-state index in [9.17, 15) is 10.1 Å². The number of aromatic hydroxyl groups is 1. The van der Waals surface area contributed by atoms with Crippen LogP contribution in [0.2, 0.25) is 6.82 Å². The van der Waals surface area contributed by atoms with Gasteiger partial charge in [-0.15, -0.1) is 0 Å². The van der Waals surface area contributed by atoms with Crippen LogP contribution in [0, 0.1) is 0 Å². The van der Waals surface area contributed by atoms with Gasteiger partial charge in [-0.25, -0.2) is 4.98 Å². The number of benzene rings is 1. The fourth-order valence-electron chi connectivity index (χ4n) is 3.80. The zero-order valence-electron chi connectivity index (χ0n) is 14.3. The zero-order valence-corrected chi connectivity index (χ0v) is 14.3. The van der Waals surface area contributed by atoms with Crippen molar-refractivity contribution in [1.82, 2.24) is 14.8 Å². The number of phenols is 1. The lowest BCUT2D eigenvalue weighted by atomic mass is 9.79. The summed E-state index contributed by atoms with van der Waals surface area (Å²) in [7, 11) is -0.408. The number of phenolic OH excluding ortho intramolecular Hbond substituents is 1. The lowest BCUT2D eigenvalue weighted by Gasteiger charge is -2.33. The molecule has 0 saturated carbocycles. The minimum Gasteiger partial charge on any atom is -0.508 e. The molecule has 3 heterocycles. The van der Waals surface area contributed by atoms with E-state index in [4.69, 9.17) is 0 Å². The fourth-order valence-corrected chi connectivity index (χ4v) is 3.80. The number of nitrogens with zero attached hydrogens (tertiary/aromatic N) is 2. The van der Waals surface area contributed by atoms with Crippen molar-refractivity contribution in [3.8, 4) is 16.9 Å². The molecule has 4 rings (SSSR count). The molecular weight excluding hydrogens is 313 g/mol. The molecule has 0 bridgehead atoms. The highest BCUT2D eigenvalue weighted by Crippen LogP contribution is 2.34. The van der Waals surface area contributed by atoms with Crippen LogP contribution in [0.1, 0.15) is 24.3 Å². The number of aromatic amines is 1. The molecule has 1 atom stereocenters. The van der Waals surface area contributed by atoms with Gasteiger partial charge >= 0.3 is 7.05 Å². The number of pyridine rings is 1. The van der Waals surface area contributed by atoms with E-state index in [0.29, 0.717) is 5.92 Å². The van der Waals surface area contributed by atoms with Crippen LogP contribution in [0.15, 0.2) is 42.7 Å². The molecule has 0 amide bonds. The van der Waals surface area contributed by atoms with Crippen LogP contribution in [0.25, 0.3) is 22.2 Å². The summed E-state index contributed by atoms with van der Waals surface area (Å²) in [6.45, 7) is 3.64. The van der Waals surface area contributed by atoms with Crippen molar-refractivity contribution in [1.29, 1.82) is 0 Å². The molecule has 0 spiro atoms. The zero-order chi connectivity index (χ0) is 17.4. The maximum Gasteiger partial charge on any atom is 0.376 e. The first-order chi connectivity index (χ1) is 12.1. The van der Waals surface area contributed by atoms with Crippen molar-refractivity contribution in [2.24, 2.45) is 0 Å². The summed E-state index contributed by atoms with van der Waals surface area (Å²) in [5, 5.41) is 20.8. The number of hydrogen-bond donors (Lipinski definition) is 3. The van der Waals surface area contributed by atoms with E-state index in [-0.39, 0.29) is 5.75 Å². The number of fused-ring (bicyclic) bond motifs is 1. The van der Waals surface area contributed by atoms with E-state index in [2.05, 4.69) is 27.0 Å². The topological polar surface area (TPSA) is 72.4 Å². The Bertz CT molecular complexity index is 893. The molecule has 1 fully saturated rings. The highest BCUT2D eigenvalue weighted by atomic mass is 16.3. The standard InChI is InChI=1S/C19H22BN3O2/c1-20(25)23-7-3-5-14(12-23)18-11-22-19-17(18)9-15(10-21-19)13-4-2-6-16(24)8-13/h2,4,6,8-11,14,24-25H,3,5,7,12H2,1H3,(H,21,22). The Morgan fingerprint density at radius 3 is 2.96 bits per heavy atom.